The van der Waals surface area contributed by atoms with Crippen molar-refractivity contribution < 1.29 is 14.3 Å². The van der Waals surface area contributed by atoms with Crippen LogP contribution in [0.5, 0.6) is 0 Å². The maximum Gasteiger partial charge on any atom is 0.315 e. The minimum atomic E-state index is -0.537. The summed E-state index contributed by atoms with van der Waals surface area (Å²) in [5.74, 6) is -0.898. The van der Waals surface area contributed by atoms with E-state index in [0.29, 0.717) is 11.7 Å². The van der Waals surface area contributed by atoms with Gasteiger partial charge in [-0.1, -0.05) is 31.4 Å². The number of benzene rings is 1. The van der Waals surface area contributed by atoms with Crippen LogP contribution in [0.25, 0.3) is 0 Å². The van der Waals surface area contributed by atoms with E-state index in [4.69, 9.17) is 0 Å². The number of esters is 1. The molecule has 0 atom stereocenters. The minimum Gasteiger partial charge on any atom is -0.469 e. The molecule has 21 heavy (non-hydrogen) atoms. The Morgan fingerprint density at radius 2 is 1.81 bits per heavy atom. The standard InChI is InChI=1S/C16H22N2O3/c1-21-16(20)11-15(19)18-14-10-6-5-9-13(14)17-12-7-3-2-4-8-12/h5-6,9-10,12,17H,2-4,7-8,11H2,1H3,(H,18,19). The Hall–Kier alpha value is -2.04. The molecule has 0 aliphatic heterocycles. The SMILES string of the molecule is COC(=O)CC(=O)Nc1ccccc1NC1CCCCC1. The Kier molecular flexibility index (Phi) is 5.60. The van der Waals surface area contributed by atoms with Gasteiger partial charge in [-0.2, -0.15) is 0 Å². The number of carbonyl (C=O) groups is 2. The quantitative estimate of drug-likeness (QED) is 0.646. The molecule has 0 spiro atoms. The van der Waals surface area contributed by atoms with Gasteiger partial charge in [0.25, 0.3) is 0 Å². The largest absolute Gasteiger partial charge is 0.469 e. The van der Waals surface area contributed by atoms with Crippen molar-refractivity contribution in [3.63, 3.8) is 0 Å². The summed E-state index contributed by atoms with van der Waals surface area (Å²) in [7, 11) is 1.27. The smallest absolute Gasteiger partial charge is 0.315 e. The molecule has 0 heterocycles. The van der Waals surface area contributed by atoms with Gasteiger partial charge < -0.3 is 15.4 Å². The van der Waals surface area contributed by atoms with E-state index in [9.17, 15) is 9.59 Å². The lowest BCUT2D eigenvalue weighted by molar-refractivity contribution is -0.142. The van der Waals surface area contributed by atoms with Crippen molar-refractivity contribution in [1.82, 2.24) is 0 Å². The van der Waals surface area contributed by atoms with Gasteiger partial charge in [0.05, 0.1) is 18.5 Å². The van der Waals surface area contributed by atoms with Gasteiger partial charge in [-0.3, -0.25) is 9.59 Å². The number of carbonyl (C=O) groups excluding carboxylic acids is 2. The molecule has 0 aromatic heterocycles. The summed E-state index contributed by atoms with van der Waals surface area (Å²) in [6.07, 6.45) is 5.84. The number of hydrogen-bond donors (Lipinski definition) is 2. The van der Waals surface area contributed by atoms with Gasteiger partial charge in [-0.15, -0.1) is 0 Å². The molecule has 0 radical (unpaired) electrons. The van der Waals surface area contributed by atoms with Gasteiger partial charge in [-0.25, -0.2) is 0 Å². The summed E-state index contributed by atoms with van der Waals surface area (Å²) in [5, 5.41) is 6.25. The van der Waals surface area contributed by atoms with E-state index < -0.39 is 5.97 Å². The molecule has 1 aliphatic carbocycles. The summed E-state index contributed by atoms with van der Waals surface area (Å²) in [6.45, 7) is 0. The fourth-order valence-corrected chi connectivity index (χ4v) is 2.58. The van der Waals surface area contributed by atoms with Gasteiger partial charge in [0, 0.05) is 6.04 Å². The van der Waals surface area contributed by atoms with Crippen LogP contribution in [0.4, 0.5) is 11.4 Å². The average molecular weight is 290 g/mol. The molecule has 5 nitrogen and oxygen atoms in total. The molecule has 2 rings (SSSR count). The third-order valence-electron chi connectivity index (χ3n) is 3.70. The minimum absolute atomic E-state index is 0.270. The number of amides is 1. The predicted octanol–water partition coefficient (Wildman–Crippen LogP) is 2.93. The predicted molar refractivity (Wildman–Crippen MR) is 82.2 cm³/mol. The highest BCUT2D eigenvalue weighted by atomic mass is 16.5. The Bertz CT molecular complexity index is 496. The second-order valence-corrected chi connectivity index (χ2v) is 5.33. The number of nitrogens with one attached hydrogen (secondary N) is 2. The molecule has 0 unspecified atom stereocenters. The van der Waals surface area contributed by atoms with Gasteiger partial charge in [-0.05, 0) is 25.0 Å². The van der Waals surface area contributed by atoms with Crippen molar-refractivity contribution in [1.29, 1.82) is 0 Å². The number of hydrogen-bond acceptors (Lipinski definition) is 4. The molecule has 1 saturated carbocycles. The molecule has 5 heteroatoms. The van der Waals surface area contributed by atoms with E-state index in [1.807, 2.05) is 24.3 Å². The molecule has 1 amide bonds. The van der Waals surface area contributed by atoms with Crippen LogP contribution in [0.3, 0.4) is 0 Å². The van der Waals surface area contributed by atoms with Crippen molar-refractivity contribution in [3.8, 4) is 0 Å². The third-order valence-corrected chi connectivity index (χ3v) is 3.70. The van der Waals surface area contributed by atoms with Crippen LogP contribution in [0.15, 0.2) is 24.3 Å². The summed E-state index contributed by atoms with van der Waals surface area (Å²) >= 11 is 0. The van der Waals surface area contributed by atoms with Gasteiger partial charge in [0.1, 0.15) is 6.42 Å². The third kappa shape index (κ3) is 4.77. The number of methoxy groups -OCH3 is 1. The first-order chi connectivity index (χ1) is 10.2. The first-order valence-electron chi connectivity index (χ1n) is 7.41. The van der Waals surface area contributed by atoms with Crippen LogP contribution in [-0.2, 0) is 14.3 Å². The Labute approximate surface area is 125 Å². The van der Waals surface area contributed by atoms with E-state index in [1.165, 1.54) is 26.4 Å². The van der Waals surface area contributed by atoms with Crippen molar-refractivity contribution in [2.24, 2.45) is 0 Å². The molecule has 1 aromatic rings. The van der Waals surface area contributed by atoms with Gasteiger partial charge >= 0.3 is 5.97 Å². The Balaban J connectivity index is 1.98. The van der Waals surface area contributed by atoms with Crippen molar-refractivity contribution >= 4 is 23.3 Å². The molecule has 1 aromatic carbocycles. The molecule has 114 valence electrons. The molecule has 2 N–H and O–H groups in total. The monoisotopic (exact) mass is 290 g/mol. The fourth-order valence-electron chi connectivity index (χ4n) is 2.58. The second kappa shape index (κ2) is 7.67. The zero-order chi connectivity index (χ0) is 15.1. The second-order valence-electron chi connectivity index (χ2n) is 5.33. The van der Waals surface area contributed by atoms with E-state index >= 15 is 0 Å². The average Bonchev–Trinajstić information content (AvgIpc) is 2.50. The van der Waals surface area contributed by atoms with Crippen LogP contribution >= 0.6 is 0 Å². The highest BCUT2D eigenvalue weighted by Gasteiger charge is 2.16. The van der Waals surface area contributed by atoms with Crippen LogP contribution in [0.1, 0.15) is 38.5 Å². The molecular weight excluding hydrogens is 268 g/mol. The Morgan fingerprint density at radius 3 is 2.48 bits per heavy atom. The zero-order valence-electron chi connectivity index (χ0n) is 12.4. The zero-order valence-corrected chi connectivity index (χ0v) is 12.4. The lowest BCUT2D eigenvalue weighted by Crippen LogP contribution is -2.24. The summed E-state index contributed by atoms with van der Waals surface area (Å²) < 4.78 is 4.49. The van der Waals surface area contributed by atoms with Gasteiger partial charge in [0.2, 0.25) is 5.91 Å². The first-order valence-corrected chi connectivity index (χ1v) is 7.41. The highest BCUT2D eigenvalue weighted by Crippen LogP contribution is 2.26. The molecule has 0 bridgehead atoms. The number of ether oxygens (including phenoxy) is 1. The van der Waals surface area contributed by atoms with Crippen LogP contribution in [0, 0.1) is 0 Å². The number of para-hydroxylation sites is 2. The molecular formula is C16H22N2O3. The molecule has 0 saturated heterocycles. The molecule has 1 fully saturated rings. The lowest BCUT2D eigenvalue weighted by atomic mass is 9.95. The topological polar surface area (TPSA) is 67.4 Å². The normalized spacial score (nSPS) is 15.3. The summed E-state index contributed by atoms with van der Waals surface area (Å²) in [5.41, 5.74) is 1.61. The summed E-state index contributed by atoms with van der Waals surface area (Å²) in [4.78, 5) is 22.9. The van der Waals surface area contributed by atoms with Crippen molar-refractivity contribution in [2.45, 2.75) is 44.6 Å². The first kappa shape index (κ1) is 15.4. The van der Waals surface area contributed by atoms with E-state index in [0.717, 1.165) is 18.5 Å². The van der Waals surface area contributed by atoms with E-state index in [2.05, 4.69) is 15.4 Å². The van der Waals surface area contributed by atoms with E-state index in [1.54, 1.807) is 0 Å². The van der Waals surface area contributed by atoms with Crippen molar-refractivity contribution in [2.75, 3.05) is 17.7 Å². The highest BCUT2D eigenvalue weighted by molar-refractivity contribution is 6.03. The van der Waals surface area contributed by atoms with Crippen LogP contribution < -0.4 is 10.6 Å². The van der Waals surface area contributed by atoms with Crippen LogP contribution in [-0.4, -0.2) is 25.0 Å². The Morgan fingerprint density at radius 1 is 1.14 bits per heavy atom. The lowest BCUT2D eigenvalue weighted by Gasteiger charge is -2.25. The number of anilines is 2. The van der Waals surface area contributed by atoms with Gasteiger partial charge in [0.15, 0.2) is 0 Å². The van der Waals surface area contributed by atoms with Crippen LogP contribution in [0.2, 0.25) is 0 Å². The molecule has 1 aliphatic rings. The van der Waals surface area contributed by atoms with E-state index in [-0.39, 0.29) is 12.3 Å². The fraction of sp³-hybridized carbons (Fsp3) is 0.500. The van der Waals surface area contributed by atoms with Crippen molar-refractivity contribution in [3.05, 3.63) is 24.3 Å². The maximum atomic E-state index is 11.8. The summed E-state index contributed by atoms with van der Waals surface area (Å²) in [6, 6.07) is 8.03. The maximum absolute atomic E-state index is 11.8. The number of rotatable bonds is 5.